The minimum Gasteiger partial charge on any atom is -0.364 e. The fraction of sp³-hybridized carbons (Fsp3) is 0.364. The van der Waals surface area contributed by atoms with Gasteiger partial charge in [0.15, 0.2) is 11.3 Å². The van der Waals surface area contributed by atoms with E-state index in [-0.39, 0.29) is 5.92 Å². The van der Waals surface area contributed by atoms with E-state index in [4.69, 9.17) is 5.73 Å². The van der Waals surface area contributed by atoms with Gasteiger partial charge in [0.25, 0.3) is 5.91 Å². The lowest BCUT2D eigenvalue weighted by atomic mass is 10.0. The second-order valence-electron chi connectivity index (χ2n) is 4.19. The molecule has 3 heterocycles. The van der Waals surface area contributed by atoms with Gasteiger partial charge in [-0.25, -0.2) is 9.50 Å². The molecule has 1 fully saturated rings. The minimum atomic E-state index is -0.474. The molecule has 0 radical (unpaired) electrons. The van der Waals surface area contributed by atoms with Gasteiger partial charge in [-0.05, 0) is 25.1 Å². The molecule has 0 saturated carbocycles. The average Bonchev–Trinajstić information content (AvgIpc) is 2.95. The van der Waals surface area contributed by atoms with Crippen molar-refractivity contribution in [1.82, 2.24) is 19.9 Å². The Morgan fingerprint density at radius 1 is 1.59 bits per heavy atom. The number of carbonyl (C=O) groups excluding carboxylic acids is 1. The minimum absolute atomic E-state index is 0.249. The van der Waals surface area contributed by atoms with Gasteiger partial charge < -0.3 is 11.1 Å². The maximum atomic E-state index is 11.6. The van der Waals surface area contributed by atoms with E-state index in [1.54, 1.807) is 12.3 Å². The lowest BCUT2D eigenvalue weighted by Gasteiger charge is -2.05. The molecule has 1 aliphatic rings. The van der Waals surface area contributed by atoms with Crippen LogP contribution in [0.2, 0.25) is 0 Å². The highest BCUT2D eigenvalue weighted by Gasteiger charge is 2.26. The van der Waals surface area contributed by atoms with Crippen LogP contribution in [-0.4, -0.2) is 33.6 Å². The lowest BCUT2D eigenvalue weighted by Crippen LogP contribution is -2.19. The van der Waals surface area contributed by atoms with Crippen LogP contribution in [0.5, 0.6) is 0 Å². The molecule has 3 rings (SSSR count). The van der Waals surface area contributed by atoms with Crippen molar-refractivity contribution in [2.45, 2.75) is 12.3 Å². The summed E-state index contributed by atoms with van der Waals surface area (Å²) in [5, 5.41) is 7.39. The van der Waals surface area contributed by atoms with E-state index in [1.807, 2.05) is 6.07 Å². The highest BCUT2D eigenvalue weighted by Crippen LogP contribution is 2.25. The number of nitrogens with one attached hydrogen (secondary N) is 1. The average molecular weight is 231 g/mol. The predicted molar refractivity (Wildman–Crippen MR) is 61.7 cm³/mol. The maximum Gasteiger partial charge on any atom is 0.269 e. The highest BCUT2D eigenvalue weighted by molar-refractivity contribution is 5.93. The van der Waals surface area contributed by atoms with Crippen molar-refractivity contribution < 1.29 is 4.79 Å². The first-order chi connectivity index (χ1) is 8.27. The summed E-state index contributed by atoms with van der Waals surface area (Å²) < 4.78 is 1.52. The van der Waals surface area contributed by atoms with Crippen molar-refractivity contribution in [3.05, 3.63) is 29.7 Å². The lowest BCUT2D eigenvalue weighted by molar-refractivity contribution is 0.0992. The van der Waals surface area contributed by atoms with E-state index < -0.39 is 5.91 Å². The van der Waals surface area contributed by atoms with Crippen LogP contribution >= 0.6 is 0 Å². The second-order valence-corrected chi connectivity index (χ2v) is 4.19. The molecular weight excluding hydrogens is 218 g/mol. The molecule has 1 aliphatic heterocycles. The normalized spacial score (nSPS) is 19.9. The van der Waals surface area contributed by atoms with Crippen molar-refractivity contribution in [3.8, 4) is 0 Å². The fourth-order valence-corrected chi connectivity index (χ4v) is 2.31. The van der Waals surface area contributed by atoms with Crippen LogP contribution in [0.15, 0.2) is 18.3 Å². The smallest absolute Gasteiger partial charge is 0.269 e. The summed E-state index contributed by atoms with van der Waals surface area (Å²) in [5.74, 6) is -0.225. The standard InChI is InChI=1S/C11H13N5O/c12-11(17)10-9(7-3-5-13-6-7)15-8-2-1-4-14-16(8)10/h1-2,4,7,13H,3,5-6H2,(H2,12,17)/t7-/m0/s1. The van der Waals surface area contributed by atoms with Crippen molar-refractivity contribution in [3.63, 3.8) is 0 Å². The number of hydrogen-bond donors (Lipinski definition) is 2. The van der Waals surface area contributed by atoms with E-state index >= 15 is 0 Å². The second kappa shape index (κ2) is 3.81. The van der Waals surface area contributed by atoms with Gasteiger partial charge in [-0.1, -0.05) is 0 Å². The van der Waals surface area contributed by atoms with Crippen LogP contribution in [0.4, 0.5) is 0 Å². The number of amides is 1. The van der Waals surface area contributed by atoms with E-state index in [1.165, 1.54) is 4.52 Å². The molecule has 88 valence electrons. The molecule has 3 N–H and O–H groups in total. The zero-order valence-corrected chi connectivity index (χ0v) is 9.26. The fourth-order valence-electron chi connectivity index (χ4n) is 2.31. The maximum absolute atomic E-state index is 11.6. The Morgan fingerprint density at radius 2 is 2.47 bits per heavy atom. The van der Waals surface area contributed by atoms with Gasteiger partial charge in [-0.15, -0.1) is 0 Å². The van der Waals surface area contributed by atoms with Gasteiger partial charge in [0.1, 0.15) is 0 Å². The molecule has 0 bridgehead atoms. The van der Waals surface area contributed by atoms with Crippen LogP contribution < -0.4 is 11.1 Å². The van der Waals surface area contributed by atoms with Crippen LogP contribution in [0, 0.1) is 0 Å². The van der Waals surface area contributed by atoms with Crippen LogP contribution in [-0.2, 0) is 0 Å². The number of imidazole rings is 1. The third-order valence-corrected chi connectivity index (χ3v) is 3.10. The van der Waals surface area contributed by atoms with Crippen molar-refractivity contribution in [2.75, 3.05) is 13.1 Å². The molecule has 0 aromatic carbocycles. The zero-order valence-electron chi connectivity index (χ0n) is 9.26. The summed E-state index contributed by atoms with van der Waals surface area (Å²) in [6.45, 7) is 1.79. The molecule has 0 unspecified atom stereocenters. The Labute approximate surface area is 97.8 Å². The summed E-state index contributed by atoms with van der Waals surface area (Å²) in [7, 11) is 0. The molecule has 1 amide bonds. The first kappa shape index (κ1) is 10.2. The zero-order chi connectivity index (χ0) is 11.8. The summed E-state index contributed by atoms with van der Waals surface area (Å²) in [4.78, 5) is 16.0. The Hall–Kier alpha value is -1.95. The molecule has 6 heteroatoms. The van der Waals surface area contributed by atoms with Gasteiger partial charge >= 0.3 is 0 Å². The van der Waals surface area contributed by atoms with E-state index in [9.17, 15) is 4.79 Å². The highest BCUT2D eigenvalue weighted by atomic mass is 16.1. The first-order valence-corrected chi connectivity index (χ1v) is 5.61. The predicted octanol–water partition coefficient (Wildman–Crippen LogP) is -0.0949. The summed E-state index contributed by atoms with van der Waals surface area (Å²) >= 11 is 0. The van der Waals surface area contributed by atoms with Gasteiger partial charge in [0.2, 0.25) is 0 Å². The Morgan fingerprint density at radius 3 is 3.18 bits per heavy atom. The van der Waals surface area contributed by atoms with Crippen molar-refractivity contribution in [2.24, 2.45) is 5.73 Å². The number of rotatable bonds is 2. The molecular formula is C11H13N5O. The van der Waals surface area contributed by atoms with Crippen molar-refractivity contribution in [1.29, 1.82) is 0 Å². The number of primary amides is 1. The number of nitrogens with two attached hydrogens (primary N) is 1. The van der Waals surface area contributed by atoms with E-state index in [0.29, 0.717) is 11.3 Å². The van der Waals surface area contributed by atoms with Crippen LogP contribution in [0.1, 0.15) is 28.5 Å². The topological polar surface area (TPSA) is 85.3 Å². The van der Waals surface area contributed by atoms with Crippen LogP contribution in [0.25, 0.3) is 5.65 Å². The summed E-state index contributed by atoms with van der Waals surface area (Å²) in [5.41, 5.74) is 7.28. The SMILES string of the molecule is NC(=O)c1c([C@H]2CCNC2)nc2cccnn12. The van der Waals surface area contributed by atoms with Gasteiger partial charge in [-0.2, -0.15) is 5.10 Å². The number of hydrogen-bond acceptors (Lipinski definition) is 4. The molecule has 6 nitrogen and oxygen atoms in total. The van der Waals surface area contributed by atoms with Gasteiger partial charge in [0.05, 0.1) is 5.69 Å². The first-order valence-electron chi connectivity index (χ1n) is 5.61. The molecule has 1 saturated heterocycles. The molecule has 0 spiro atoms. The van der Waals surface area contributed by atoms with Crippen molar-refractivity contribution >= 4 is 11.6 Å². The molecule has 1 atom stereocenters. The van der Waals surface area contributed by atoms with Crippen LogP contribution in [0.3, 0.4) is 0 Å². The quantitative estimate of drug-likeness (QED) is 0.756. The Balaban J connectivity index is 2.22. The molecule has 2 aromatic heterocycles. The molecule has 17 heavy (non-hydrogen) atoms. The number of nitrogens with zero attached hydrogens (tertiary/aromatic N) is 3. The van der Waals surface area contributed by atoms with E-state index in [2.05, 4.69) is 15.4 Å². The number of fused-ring (bicyclic) bond motifs is 1. The number of carbonyl (C=O) groups is 1. The summed E-state index contributed by atoms with van der Waals surface area (Å²) in [6.07, 6.45) is 2.60. The van der Waals surface area contributed by atoms with Gasteiger partial charge in [-0.3, -0.25) is 4.79 Å². The third-order valence-electron chi connectivity index (χ3n) is 3.10. The Bertz CT molecular complexity index is 570. The van der Waals surface area contributed by atoms with Gasteiger partial charge in [0, 0.05) is 18.7 Å². The molecule has 0 aliphatic carbocycles. The Kier molecular flexibility index (Phi) is 2.29. The van der Waals surface area contributed by atoms with E-state index in [0.717, 1.165) is 25.2 Å². The number of aromatic nitrogens is 3. The molecule has 2 aromatic rings. The summed E-state index contributed by atoms with van der Waals surface area (Å²) in [6, 6.07) is 3.62. The third kappa shape index (κ3) is 1.57. The monoisotopic (exact) mass is 231 g/mol. The largest absolute Gasteiger partial charge is 0.364 e.